The number of nitro benzene ring substituents is 1. The molecule has 1 aliphatic heterocycles. The fourth-order valence-electron chi connectivity index (χ4n) is 2.57. The first kappa shape index (κ1) is 19.1. The van der Waals surface area contributed by atoms with Crippen LogP contribution in [0.15, 0.2) is 53.2 Å². The molecule has 0 aliphatic carbocycles. The van der Waals surface area contributed by atoms with E-state index < -0.39 is 10.9 Å². The summed E-state index contributed by atoms with van der Waals surface area (Å²) in [5, 5.41) is 10.8. The Kier molecular flexibility index (Phi) is 5.69. The fourth-order valence-corrected chi connectivity index (χ4v) is 2.57. The highest BCUT2D eigenvalue weighted by atomic mass is 16.6. The van der Waals surface area contributed by atoms with Gasteiger partial charge in [0, 0.05) is 23.3 Å². The molecule has 0 fully saturated rings. The van der Waals surface area contributed by atoms with Crippen molar-refractivity contribution in [3.05, 3.63) is 69.4 Å². The largest absolute Gasteiger partial charge is 0.493 e. The van der Waals surface area contributed by atoms with Crippen LogP contribution in [-0.4, -0.2) is 30.5 Å². The van der Waals surface area contributed by atoms with Crippen molar-refractivity contribution in [2.45, 2.75) is 13.3 Å². The Morgan fingerprint density at radius 2 is 1.96 bits per heavy atom. The molecule has 2 aromatic rings. The van der Waals surface area contributed by atoms with Gasteiger partial charge in [0.1, 0.15) is 0 Å². The molecule has 0 aromatic heterocycles. The lowest BCUT2D eigenvalue weighted by molar-refractivity contribution is -0.384. The summed E-state index contributed by atoms with van der Waals surface area (Å²) in [6, 6.07) is 10.9. The standard InChI is InChI=1S/C20H18N2O6/c1-3-11-27-18-14(5-4-6-17(18)26-2)12-16-20(23)28-19(21-16)13-7-9-15(10-8-13)22(24)25/h4-10,12H,3,11H2,1-2H3/b16-12-. The van der Waals surface area contributed by atoms with E-state index in [-0.39, 0.29) is 17.3 Å². The number of ether oxygens (including phenoxy) is 3. The molecule has 8 heteroatoms. The molecule has 0 saturated carbocycles. The number of hydrogen-bond donors (Lipinski definition) is 0. The van der Waals surface area contributed by atoms with Gasteiger partial charge in [-0.15, -0.1) is 0 Å². The monoisotopic (exact) mass is 382 g/mol. The van der Waals surface area contributed by atoms with Gasteiger partial charge >= 0.3 is 5.97 Å². The fraction of sp³-hybridized carbons (Fsp3) is 0.200. The second-order valence-corrected chi connectivity index (χ2v) is 5.87. The van der Waals surface area contributed by atoms with Gasteiger partial charge in [-0.2, -0.15) is 0 Å². The summed E-state index contributed by atoms with van der Waals surface area (Å²) in [5.74, 6) is 0.544. The van der Waals surface area contributed by atoms with Crippen LogP contribution in [0, 0.1) is 10.1 Å². The summed E-state index contributed by atoms with van der Waals surface area (Å²) in [4.78, 5) is 26.7. The third-order valence-electron chi connectivity index (χ3n) is 3.92. The van der Waals surface area contributed by atoms with E-state index in [0.717, 1.165) is 6.42 Å². The highest BCUT2D eigenvalue weighted by Gasteiger charge is 2.25. The number of nitro groups is 1. The first-order valence-corrected chi connectivity index (χ1v) is 8.60. The Hall–Kier alpha value is -3.68. The summed E-state index contributed by atoms with van der Waals surface area (Å²) in [6.07, 6.45) is 2.38. The molecule has 1 heterocycles. The van der Waals surface area contributed by atoms with Crippen molar-refractivity contribution >= 4 is 23.6 Å². The molecule has 1 aliphatic rings. The molecule has 0 spiro atoms. The number of non-ortho nitro benzene ring substituents is 1. The van der Waals surface area contributed by atoms with Gasteiger partial charge in [0.05, 0.1) is 18.6 Å². The average Bonchev–Trinajstić information content (AvgIpc) is 3.07. The number of aliphatic imine (C=N–C) groups is 1. The number of cyclic esters (lactones) is 1. The molecule has 2 aromatic carbocycles. The second kappa shape index (κ2) is 8.34. The van der Waals surface area contributed by atoms with E-state index >= 15 is 0 Å². The maximum Gasteiger partial charge on any atom is 0.363 e. The van der Waals surface area contributed by atoms with E-state index in [4.69, 9.17) is 14.2 Å². The Balaban J connectivity index is 1.94. The van der Waals surface area contributed by atoms with Gasteiger partial charge in [0.25, 0.3) is 5.69 Å². The van der Waals surface area contributed by atoms with Crippen molar-refractivity contribution in [1.82, 2.24) is 0 Å². The zero-order valence-electron chi connectivity index (χ0n) is 15.4. The quantitative estimate of drug-likeness (QED) is 0.313. The second-order valence-electron chi connectivity index (χ2n) is 5.87. The SMILES string of the molecule is CCCOc1c(/C=C2\N=C(c3ccc([N+](=O)[O-])cc3)OC2=O)cccc1OC. The number of nitrogens with zero attached hydrogens (tertiary/aromatic N) is 2. The summed E-state index contributed by atoms with van der Waals surface area (Å²) < 4.78 is 16.3. The van der Waals surface area contributed by atoms with Crippen molar-refractivity contribution in [2.75, 3.05) is 13.7 Å². The van der Waals surface area contributed by atoms with Crippen LogP contribution in [0.25, 0.3) is 6.08 Å². The topological polar surface area (TPSA) is 100 Å². The summed E-state index contributed by atoms with van der Waals surface area (Å²) >= 11 is 0. The van der Waals surface area contributed by atoms with E-state index in [1.807, 2.05) is 6.92 Å². The number of hydrogen-bond acceptors (Lipinski definition) is 7. The maximum atomic E-state index is 12.2. The highest BCUT2D eigenvalue weighted by molar-refractivity contribution is 6.13. The molecule has 0 unspecified atom stereocenters. The third-order valence-corrected chi connectivity index (χ3v) is 3.92. The molecule has 0 amide bonds. The van der Waals surface area contributed by atoms with Gasteiger partial charge < -0.3 is 14.2 Å². The maximum absolute atomic E-state index is 12.2. The number of carbonyl (C=O) groups is 1. The van der Waals surface area contributed by atoms with Gasteiger partial charge in [0.2, 0.25) is 5.90 Å². The highest BCUT2D eigenvalue weighted by Crippen LogP contribution is 2.33. The van der Waals surface area contributed by atoms with Crippen molar-refractivity contribution < 1.29 is 23.9 Å². The molecule has 3 rings (SSSR count). The minimum atomic E-state index is -0.613. The minimum Gasteiger partial charge on any atom is -0.493 e. The number of esters is 1. The van der Waals surface area contributed by atoms with E-state index in [2.05, 4.69) is 4.99 Å². The molecule has 144 valence electrons. The van der Waals surface area contributed by atoms with Crippen molar-refractivity contribution in [3.8, 4) is 11.5 Å². The van der Waals surface area contributed by atoms with E-state index in [0.29, 0.717) is 29.2 Å². The van der Waals surface area contributed by atoms with E-state index in [1.54, 1.807) is 31.4 Å². The lowest BCUT2D eigenvalue weighted by atomic mass is 10.1. The van der Waals surface area contributed by atoms with Gasteiger partial charge in [-0.25, -0.2) is 9.79 Å². The summed E-state index contributed by atoms with van der Waals surface area (Å²) in [6.45, 7) is 2.49. The molecule has 0 N–H and O–H groups in total. The molecular weight excluding hydrogens is 364 g/mol. The molecule has 0 radical (unpaired) electrons. The molecule has 8 nitrogen and oxygen atoms in total. The molecule has 0 bridgehead atoms. The zero-order chi connectivity index (χ0) is 20.1. The van der Waals surface area contributed by atoms with Gasteiger partial charge in [-0.3, -0.25) is 10.1 Å². The summed E-state index contributed by atoms with van der Waals surface area (Å²) in [7, 11) is 1.54. The van der Waals surface area contributed by atoms with E-state index in [9.17, 15) is 14.9 Å². The van der Waals surface area contributed by atoms with Crippen LogP contribution < -0.4 is 9.47 Å². The number of carbonyl (C=O) groups excluding carboxylic acids is 1. The first-order valence-electron chi connectivity index (χ1n) is 8.60. The smallest absolute Gasteiger partial charge is 0.363 e. The Morgan fingerprint density at radius 1 is 1.21 bits per heavy atom. The van der Waals surface area contributed by atoms with Crippen molar-refractivity contribution in [3.63, 3.8) is 0 Å². The number of benzene rings is 2. The van der Waals surface area contributed by atoms with Crippen LogP contribution >= 0.6 is 0 Å². The first-order chi connectivity index (χ1) is 13.5. The Morgan fingerprint density at radius 3 is 2.61 bits per heavy atom. The third kappa shape index (κ3) is 4.01. The van der Waals surface area contributed by atoms with Crippen LogP contribution in [0.3, 0.4) is 0 Å². The number of rotatable bonds is 7. The van der Waals surface area contributed by atoms with Crippen LogP contribution in [0.4, 0.5) is 5.69 Å². The molecule has 0 saturated heterocycles. The molecule has 0 atom stereocenters. The van der Waals surface area contributed by atoms with E-state index in [1.165, 1.54) is 24.3 Å². The average molecular weight is 382 g/mol. The molecule has 28 heavy (non-hydrogen) atoms. The van der Waals surface area contributed by atoms with Crippen LogP contribution in [0.5, 0.6) is 11.5 Å². The lowest BCUT2D eigenvalue weighted by Crippen LogP contribution is -2.05. The predicted octanol–water partition coefficient (Wildman–Crippen LogP) is 3.74. The van der Waals surface area contributed by atoms with Gasteiger partial charge in [-0.05, 0) is 30.7 Å². The Bertz CT molecular complexity index is 963. The predicted molar refractivity (Wildman–Crippen MR) is 102 cm³/mol. The normalized spacial score (nSPS) is 14.6. The number of methoxy groups -OCH3 is 1. The molecular formula is C20H18N2O6. The zero-order valence-corrected chi connectivity index (χ0v) is 15.4. The minimum absolute atomic E-state index is 0.0569. The van der Waals surface area contributed by atoms with Gasteiger partial charge in [0.15, 0.2) is 17.2 Å². The summed E-state index contributed by atoms with van der Waals surface area (Å²) in [5.41, 5.74) is 1.14. The Labute approximate surface area is 161 Å². The van der Waals surface area contributed by atoms with Crippen LogP contribution in [0.1, 0.15) is 24.5 Å². The number of para-hydroxylation sites is 1. The van der Waals surface area contributed by atoms with Gasteiger partial charge in [-0.1, -0.05) is 19.1 Å². The van der Waals surface area contributed by atoms with Crippen LogP contribution in [-0.2, 0) is 9.53 Å². The van der Waals surface area contributed by atoms with Crippen LogP contribution in [0.2, 0.25) is 0 Å². The van der Waals surface area contributed by atoms with Crippen molar-refractivity contribution in [2.24, 2.45) is 4.99 Å². The lowest BCUT2D eigenvalue weighted by Gasteiger charge is -2.12. The van der Waals surface area contributed by atoms with Crippen molar-refractivity contribution in [1.29, 1.82) is 0 Å².